The highest BCUT2D eigenvalue weighted by molar-refractivity contribution is 8.09. The van der Waals surface area contributed by atoms with Crippen LogP contribution in [0, 0.1) is 0 Å². The number of nitrogens with zero attached hydrogens (tertiary/aromatic N) is 1. The Bertz CT molecular complexity index is 1430. The molecule has 0 bridgehead atoms. The summed E-state index contributed by atoms with van der Waals surface area (Å²) in [4.78, 5) is 37.2. The highest BCUT2D eigenvalue weighted by Crippen LogP contribution is 2.49. The first-order valence-electron chi connectivity index (χ1n) is 13.0. The normalized spacial score (nSPS) is 26.6. The molecule has 2 aliphatic heterocycles. The maximum Gasteiger partial charge on any atom is 0.323 e. The lowest BCUT2D eigenvalue weighted by Crippen LogP contribution is -2.53. The molecule has 0 aliphatic carbocycles. The molecule has 2 aromatic carbocycles. The number of amides is 1. The van der Waals surface area contributed by atoms with Gasteiger partial charge in [-0.05, 0) is 61.6 Å². The summed E-state index contributed by atoms with van der Waals surface area (Å²) in [6, 6.07) is 11.3. The maximum absolute atomic E-state index is 14.6. The number of carbonyl (C=O) groups is 3. The SMILES string of the molecule is CC(C)OC(=O)[C@H](C)NP(=S)(OC[C@@]1(C(F)F)O[C@@H](N2C=CC(=O)CC2=O)[C@H](O)[C@@H]1O)Oc1ccc2ccccc2c1. The fourth-order valence-corrected chi connectivity index (χ4v) is 6.84. The molecule has 3 N–H and O–H groups in total. The number of carbonyl (C=O) groups excluding carboxylic acids is 3. The molecule has 0 aromatic heterocycles. The molecule has 4 rings (SSSR count). The van der Waals surface area contributed by atoms with Gasteiger partial charge in [0.1, 0.15) is 24.0 Å². The summed E-state index contributed by atoms with van der Waals surface area (Å²) >= 11 is 5.63. The molecule has 15 heteroatoms. The number of aliphatic hydroxyl groups is 2. The summed E-state index contributed by atoms with van der Waals surface area (Å²) in [5.74, 6) is -1.82. The van der Waals surface area contributed by atoms with Crippen LogP contribution in [0.25, 0.3) is 10.8 Å². The van der Waals surface area contributed by atoms with E-state index in [1.165, 1.54) is 6.92 Å². The number of benzene rings is 2. The van der Waals surface area contributed by atoms with Crippen molar-refractivity contribution in [2.45, 2.75) is 69.8 Å². The zero-order chi connectivity index (χ0) is 30.8. The van der Waals surface area contributed by atoms with Crippen molar-refractivity contribution in [1.29, 1.82) is 0 Å². The molecule has 228 valence electrons. The third-order valence-electron chi connectivity index (χ3n) is 6.60. The van der Waals surface area contributed by atoms with Crippen molar-refractivity contribution in [1.82, 2.24) is 9.99 Å². The summed E-state index contributed by atoms with van der Waals surface area (Å²) in [6.45, 7) is -0.270. The average Bonchev–Trinajstić information content (AvgIpc) is 3.17. The van der Waals surface area contributed by atoms with Gasteiger partial charge >= 0.3 is 12.6 Å². The Morgan fingerprint density at radius 3 is 2.52 bits per heavy atom. The van der Waals surface area contributed by atoms with Gasteiger partial charge in [0.05, 0.1) is 19.1 Å². The fraction of sp³-hybridized carbons (Fsp3) is 0.444. The highest BCUT2D eigenvalue weighted by atomic mass is 32.5. The second-order valence-electron chi connectivity index (χ2n) is 10.2. The second kappa shape index (κ2) is 12.8. The number of allylic oxidation sites excluding steroid dienone is 1. The number of ketones is 1. The lowest BCUT2D eigenvalue weighted by Gasteiger charge is -2.35. The van der Waals surface area contributed by atoms with Gasteiger partial charge in [0.25, 0.3) is 6.43 Å². The van der Waals surface area contributed by atoms with Crippen molar-refractivity contribution in [3.63, 3.8) is 0 Å². The van der Waals surface area contributed by atoms with E-state index < -0.39 is 79.9 Å². The Labute approximate surface area is 245 Å². The van der Waals surface area contributed by atoms with E-state index in [1.54, 1.807) is 32.0 Å². The molecule has 2 aliphatic rings. The van der Waals surface area contributed by atoms with Gasteiger partial charge < -0.3 is 28.7 Å². The zero-order valence-electron chi connectivity index (χ0n) is 22.9. The molecule has 42 heavy (non-hydrogen) atoms. The molecule has 1 saturated heterocycles. The second-order valence-corrected chi connectivity index (χ2v) is 13.3. The minimum atomic E-state index is -3.89. The molecule has 0 radical (unpaired) electrons. The van der Waals surface area contributed by atoms with Crippen LogP contribution in [-0.2, 0) is 40.2 Å². The van der Waals surface area contributed by atoms with Crippen LogP contribution >= 0.6 is 6.64 Å². The third kappa shape index (κ3) is 6.86. The van der Waals surface area contributed by atoms with E-state index in [0.717, 1.165) is 27.9 Å². The van der Waals surface area contributed by atoms with E-state index in [-0.39, 0.29) is 5.75 Å². The van der Waals surface area contributed by atoms with Crippen molar-refractivity contribution < 1.29 is 51.9 Å². The van der Waals surface area contributed by atoms with Crippen molar-refractivity contribution >= 4 is 46.9 Å². The predicted molar refractivity (Wildman–Crippen MR) is 150 cm³/mol. The van der Waals surface area contributed by atoms with Gasteiger partial charge in [-0.2, -0.15) is 0 Å². The lowest BCUT2D eigenvalue weighted by molar-refractivity contribution is -0.199. The minimum absolute atomic E-state index is 0.208. The Morgan fingerprint density at radius 1 is 1.19 bits per heavy atom. The van der Waals surface area contributed by atoms with Crippen LogP contribution in [0.3, 0.4) is 0 Å². The monoisotopic (exact) mass is 628 g/mol. The van der Waals surface area contributed by atoms with Crippen LogP contribution in [0.15, 0.2) is 54.7 Å². The van der Waals surface area contributed by atoms with Gasteiger partial charge in [0.15, 0.2) is 17.6 Å². The molecule has 2 heterocycles. The van der Waals surface area contributed by atoms with E-state index in [4.69, 9.17) is 30.3 Å². The quantitative estimate of drug-likeness (QED) is 0.192. The van der Waals surface area contributed by atoms with Crippen molar-refractivity contribution in [2.24, 2.45) is 0 Å². The zero-order valence-corrected chi connectivity index (χ0v) is 24.6. The van der Waals surface area contributed by atoms with Crippen molar-refractivity contribution in [2.75, 3.05) is 6.61 Å². The largest absolute Gasteiger partial charge is 0.462 e. The van der Waals surface area contributed by atoms with Crippen LogP contribution in [0.5, 0.6) is 5.75 Å². The van der Waals surface area contributed by atoms with Crippen LogP contribution in [0.4, 0.5) is 8.78 Å². The average molecular weight is 629 g/mol. The Hall–Kier alpha value is -2.84. The van der Waals surface area contributed by atoms with Crippen molar-refractivity contribution in [3.05, 3.63) is 54.7 Å². The van der Waals surface area contributed by atoms with E-state index in [0.29, 0.717) is 0 Å². The molecular formula is C27H31F2N2O9PS. The fourth-order valence-electron chi connectivity index (χ4n) is 4.43. The standard InChI is InChI=1S/C27H31F2N2O9PS/c1-15(2)38-25(36)16(3)30-41(42,40-20-9-8-17-6-4-5-7-18(17)12-20)37-14-27(26(28)29)23(35)22(34)24(39-27)31-11-10-19(32)13-21(31)33/h4-12,15-16,22-24,26,34-35H,13-14H2,1-3H3,(H,30,42)/t16-,22+,23-,24+,27+,41?/m0/s1. The molecule has 1 amide bonds. The topological polar surface area (TPSA) is 144 Å². The van der Waals surface area contributed by atoms with E-state index in [9.17, 15) is 33.4 Å². The first-order chi connectivity index (χ1) is 19.7. The molecule has 0 spiro atoms. The van der Waals surface area contributed by atoms with Gasteiger partial charge in [0.2, 0.25) is 5.91 Å². The summed E-state index contributed by atoms with van der Waals surface area (Å²) in [6.07, 6.45) is -8.41. The van der Waals surface area contributed by atoms with Crippen LogP contribution in [0.1, 0.15) is 27.2 Å². The summed E-state index contributed by atoms with van der Waals surface area (Å²) in [5.41, 5.74) is -2.86. The highest BCUT2D eigenvalue weighted by Gasteiger charge is 2.62. The Morgan fingerprint density at radius 2 is 1.88 bits per heavy atom. The molecular weight excluding hydrogens is 597 g/mol. The number of ether oxygens (including phenoxy) is 2. The maximum atomic E-state index is 14.6. The third-order valence-corrected chi connectivity index (χ3v) is 9.08. The molecule has 0 saturated carbocycles. The number of rotatable bonds is 11. The predicted octanol–water partition coefficient (Wildman–Crippen LogP) is 2.79. The van der Waals surface area contributed by atoms with Crippen LogP contribution < -0.4 is 9.61 Å². The summed E-state index contributed by atoms with van der Waals surface area (Å²) in [7, 11) is 0. The number of fused-ring (bicyclic) bond motifs is 1. The molecule has 2 aromatic rings. The number of alkyl halides is 2. The Kier molecular flexibility index (Phi) is 9.78. The summed E-state index contributed by atoms with van der Waals surface area (Å²) in [5, 5.41) is 25.8. The number of aliphatic hydroxyl groups excluding tert-OH is 2. The molecule has 1 fully saturated rings. The smallest absolute Gasteiger partial charge is 0.323 e. The molecule has 1 unspecified atom stereocenters. The van der Waals surface area contributed by atoms with Gasteiger partial charge in [0, 0.05) is 6.20 Å². The van der Waals surface area contributed by atoms with Crippen LogP contribution in [-0.4, -0.2) is 82.0 Å². The number of nitrogens with one attached hydrogen (secondary N) is 1. The van der Waals surface area contributed by atoms with Gasteiger partial charge in [-0.15, -0.1) is 0 Å². The van der Waals surface area contributed by atoms with Gasteiger partial charge in [-0.1, -0.05) is 30.3 Å². The molecule has 6 atom stereocenters. The number of esters is 1. The first kappa shape index (κ1) is 32.1. The first-order valence-corrected chi connectivity index (χ1v) is 15.6. The molecule has 11 nitrogen and oxygen atoms in total. The van der Waals surface area contributed by atoms with Crippen molar-refractivity contribution in [3.8, 4) is 5.75 Å². The minimum Gasteiger partial charge on any atom is -0.462 e. The number of hydrogen-bond donors (Lipinski definition) is 3. The number of halogens is 2. The number of hydrogen-bond acceptors (Lipinski definition) is 10. The summed E-state index contributed by atoms with van der Waals surface area (Å²) < 4.78 is 51.6. The Balaban J connectivity index is 1.62. The van der Waals surface area contributed by atoms with Crippen LogP contribution in [0.2, 0.25) is 0 Å². The van der Waals surface area contributed by atoms with Gasteiger partial charge in [-0.3, -0.25) is 19.3 Å². The van der Waals surface area contributed by atoms with Gasteiger partial charge in [-0.25, -0.2) is 13.9 Å². The lowest BCUT2D eigenvalue weighted by atomic mass is 9.96. The van der Waals surface area contributed by atoms with E-state index >= 15 is 0 Å². The van der Waals surface area contributed by atoms with E-state index in [2.05, 4.69) is 5.09 Å². The van der Waals surface area contributed by atoms with E-state index in [1.807, 2.05) is 24.3 Å².